The Morgan fingerprint density at radius 2 is 0.675 bits per heavy atom. The second-order valence-electron chi connectivity index (χ2n) is 12.5. The molecule has 0 atom stereocenters. The zero-order valence-electron chi connectivity index (χ0n) is 27.5. The second-order valence-corrected chi connectivity index (χ2v) is 12.5. The van der Waals surface area contributed by atoms with Gasteiger partial charge < -0.3 is 5.11 Å². The molecule has 0 fully saturated rings. The lowest BCUT2D eigenvalue weighted by atomic mass is 9.94. The molecule has 0 unspecified atom stereocenters. The number of aliphatic carboxylic acids is 1. The Hall–Kier alpha value is -1.05. The zero-order valence-corrected chi connectivity index (χ0v) is 27.5. The largest absolute Gasteiger partial charge is 0.481 e. The summed E-state index contributed by atoms with van der Waals surface area (Å²) in [7, 11) is 0. The third kappa shape index (κ3) is 31.5. The van der Waals surface area contributed by atoms with Crippen LogP contribution in [0.1, 0.15) is 206 Å². The van der Waals surface area contributed by atoms with E-state index in [0.29, 0.717) is 0 Å². The highest BCUT2D eigenvalue weighted by molar-refractivity contribution is 5.69. The summed E-state index contributed by atoms with van der Waals surface area (Å²) in [6.45, 7) is 4.55. The van der Waals surface area contributed by atoms with Crippen LogP contribution in [0, 0.1) is 5.92 Å². The lowest BCUT2D eigenvalue weighted by Crippen LogP contribution is -2.13. The molecule has 0 amide bonds. The normalized spacial score (nSPS) is 12.7. The first kappa shape index (κ1) is 39.0. The summed E-state index contributed by atoms with van der Waals surface area (Å²) in [5.41, 5.74) is 0. The molecule has 1 N–H and O–H groups in total. The number of allylic oxidation sites excluding steroid dienone is 4. The van der Waals surface area contributed by atoms with E-state index < -0.39 is 5.97 Å². The van der Waals surface area contributed by atoms with E-state index in [2.05, 4.69) is 38.2 Å². The van der Waals surface area contributed by atoms with Gasteiger partial charge in [0.2, 0.25) is 0 Å². The number of carboxylic acids is 1. The minimum Gasteiger partial charge on any atom is -0.481 e. The Balaban J connectivity index is 3.47. The van der Waals surface area contributed by atoms with Gasteiger partial charge in [-0.3, -0.25) is 4.79 Å². The Morgan fingerprint density at radius 1 is 0.425 bits per heavy atom. The molecular formula is C38H72O2. The smallest absolute Gasteiger partial charge is 0.306 e. The highest BCUT2D eigenvalue weighted by Crippen LogP contribution is 2.20. The fourth-order valence-electron chi connectivity index (χ4n) is 5.67. The van der Waals surface area contributed by atoms with Gasteiger partial charge in [0, 0.05) is 0 Å². The Labute approximate surface area is 252 Å². The van der Waals surface area contributed by atoms with Crippen LogP contribution in [0.25, 0.3) is 0 Å². The van der Waals surface area contributed by atoms with Crippen LogP contribution in [0.4, 0.5) is 0 Å². The maximum atomic E-state index is 11.7. The number of carbonyl (C=O) groups is 1. The van der Waals surface area contributed by atoms with Gasteiger partial charge in [-0.05, 0) is 64.2 Å². The van der Waals surface area contributed by atoms with Crippen molar-refractivity contribution in [1.82, 2.24) is 0 Å². The van der Waals surface area contributed by atoms with Crippen LogP contribution >= 0.6 is 0 Å². The molecule has 2 heteroatoms. The molecule has 0 aliphatic rings. The summed E-state index contributed by atoms with van der Waals surface area (Å²) in [5, 5.41) is 9.61. The molecule has 0 rings (SSSR count). The van der Waals surface area contributed by atoms with E-state index in [-0.39, 0.29) is 5.92 Å². The molecule has 0 spiro atoms. The summed E-state index contributed by atoms with van der Waals surface area (Å²) >= 11 is 0. The van der Waals surface area contributed by atoms with Crippen LogP contribution in [-0.2, 0) is 4.79 Å². The molecule has 0 aromatic heterocycles. The molecule has 236 valence electrons. The molecule has 2 nitrogen and oxygen atoms in total. The molecule has 0 heterocycles. The Kier molecular flexibility index (Phi) is 33.3. The Bertz CT molecular complexity index is 508. The monoisotopic (exact) mass is 561 g/mol. The third-order valence-corrected chi connectivity index (χ3v) is 8.48. The van der Waals surface area contributed by atoms with Crippen LogP contribution in [0.2, 0.25) is 0 Å². The number of hydrogen-bond donors (Lipinski definition) is 1. The lowest BCUT2D eigenvalue weighted by Gasteiger charge is -2.12. The molecule has 0 saturated heterocycles. The maximum absolute atomic E-state index is 11.7. The lowest BCUT2D eigenvalue weighted by molar-refractivity contribution is -0.142. The van der Waals surface area contributed by atoms with Gasteiger partial charge in [0.15, 0.2) is 0 Å². The topological polar surface area (TPSA) is 37.3 Å². The van der Waals surface area contributed by atoms with Gasteiger partial charge in [0.05, 0.1) is 5.92 Å². The summed E-state index contributed by atoms with van der Waals surface area (Å²) in [6, 6.07) is 0. The second kappa shape index (κ2) is 34.2. The highest BCUT2D eigenvalue weighted by Gasteiger charge is 2.16. The number of carboxylic acid groups (broad SMARTS) is 1. The van der Waals surface area contributed by atoms with Crippen molar-refractivity contribution in [3.63, 3.8) is 0 Å². The first-order chi connectivity index (χ1) is 19.7. The van der Waals surface area contributed by atoms with Gasteiger partial charge in [0.1, 0.15) is 0 Å². The van der Waals surface area contributed by atoms with E-state index in [1.54, 1.807) is 0 Å². The standard InChI is InChI=1S/C38H72O2/c1-3-5-7-9-11-13-15-17-19-21-23-25-27-29-31-33-35-37(38(39)40)36-34-32-30-28-26-24-22-20-18-16-14-12-10-8-6-4-2/h17-20,37H,3-16,21-36H2,1-2H3,(H,39,40). The molecule has 0 aromatic carbocycles. The van der Waals surface area contributed by atoms with Gasteiger partial charge >= 0.3 is 5.97 Å². The van der Waals surface area contributed by atoms with Crippen molar-refractivity contribution in [3.8, 4) is 0 Å². The molecule has 0 aliphatic carbocycles. The number of hydrogen-bond acceptors (Lipinski definition) is 1. The summed E-state index contributed by atoms with van der Waals surface area (Å²) in [4.78, 5) is 11.7. The number of unbranched alkanes of at least 4 members (excludes halogenated alkanes) is 24. The molecule has 0 bridgehead atoms. The minimum atomic E-state index is -0.569. The van der Waals surface area contributed by atoms with Crippen molar-refractivity contribution >= 4 is 5.97 Å². The fraction of sp³-hybridized carbons (Fsp3) is 0.868. The van der Waals surface area contributed by atoms with E-state index in [9.17, 15) is 9.90 Å². The molecule has 0 aromatic rings. The molecular weight excluding hydrogens is 488 g/mol. The van der Waals surface area contributed by atoms with Crippen molar-refractivity contribution in [2.45, 2.75) is 206 Å². The average molecular weight is 561 g/mol. The molecule has 40 heavy (non-hydrogen) atoms. The van der Waals surface area contributed by atoms with Crippen molar-refractivity contribution in [3.05, 3.63) is 24.3 Å². The van der Waals surface area contributed by atoms with Crippen molar-refractivity contribution < 1.29 is 9.90 Å². The van der Waals surface area contributed by atoms with Gasteiger partial charge in [-0.25, -0.2) is 0 Å². The first-order valence-electron chi connectivity index (χ1n) is 18.2. The van der Waals surface area contributed by atoms with E-state index in [4.69, 9.17) is 0 Å². The highest BCUT2D eigenvalue weighted by atomic mass is 16.4. The minimum absolute atomic E-state index is 0.117. The molecule has 0 radical (unpaired) electrons. The van der Waals surface area contributed by atoms with E-state index in [0.717, 1.165) is 25.7 Å². The SMILES string of the molecule is CCCCCCCCC=CCCCCCCCCC(CCCCCCCCC=CCCCCCCCC)C(=O)O. The van der Waals surface area contributed by atoms with Crippen LogP contribution in [0.15, 0.2) is 24.3 Å². The van der Waals surface area contributed by atoms with Crippen LogP contribution in [0.3, 0.4) is 0 Å². The van der Waals surface area contributed by atoms with E-state index in [1.165, 1.54) is 167 Å². The number of rotatable bonds is 33. The van der Waals surface area contributed by atoms with Crippen LogP contribution in [-0.4, -0.2) is 11.1 Å². The van der Waals surface area contributed by atoms with E-state index >= 15 is 0 Å². The van der Waals surface area contributed by atoms with Gasteiger partial charge in [-0.1, -0.05) is 167 Å². The third-order valence-electron chi connectivity index (χ3n) is 8.48. The van der Waals surface area contributed by atoms with Gasteiger partial charge in [-0.2, -0.15) is 0 Å². The summed E-state index contributed by atoms with van der Waals surface area (Å²) < 4.78 is 0. The Morgan fingerprint density at radius 3 is 0.950 bits per heavy atom. The maximum Gasteiger partial charge on any atom is 0.306 e. The zero-order chi connectivity index (χ0) is 29.2. The van der Waals surface area contributed by atoms with Gasteiger partial charge in [-0.15, -0.1) is 0 Å². The first-order valence-corrected chi connectivity index (χ1v) is 18.2. The predicted octanol–water partition coefficient (Wildman–Crippen LogP) is 13.5. The molecule has 0 aliphatic heterocycles. The summed E-state index contributed by atoms with van der Waals surface area (Å²) in [6.07, 6.45) is 47.9. The van der Waals surface area contributed by atoms with Crippen molar-refractivity contribution in [1.29, 1.82) is 0 Å². The van der Waals surface area contributed by atoms with E-state index in [1.807, 2.05) is 0 Å². The average Bonchev–Trinajstić information content (AvgIpc) is 2.95. The van der Waals surface area contributed by atoms with Crippen molar-refractivity contribution in [2.75, 3.05) is 0 Å². The predicted molar refractivity (Wildman–Crippen MR) is 179 cm³/mol. The van der Waals surface area contributed by atoms with Gasteiger partial charge in [0.25, 0.3) is 0 Å². The van der Waals surface area contributed by atoms with Crippen LogP contribution < -0.4 is 0 Å². The van der Waals surface area contributed by atoms with Crippen molar-refractivity contribution in [2.24, 2.45) is 5.92 Å². The van der Waals surface area contributed by atoms with Crippen LogP contribution in [0.5, 0.6) is 0 Å². The molecule has 0 saturated carbocycles. The summed E-state index contributed by atoms with van der Waals surface area (Å²) in [5.74, 6) is -0.686. The fourth-order valence-corrected chi connectivity index (χ4v) is 5.67. The quantitative estimate of drug-likeness (QED) is 0.0640.